The summed E-state index contributed by atoms with van der Waals surface area (Å²) < 4.78 is 10.5. The van der Waals surface area contributed by atoms with Gasteiger partial charge in [-0.1, -0.05) is 13.8 Å². The molecule has 0 heterocycles. The first-order valence-electron chi connectivity index (χ1n) is 6.13. The minimum Gasteiger partial charge on any atom is -0.497 e. The van der Waals surface area contributed by atoms with E-state index in [1.807, 2.05) is 19.9 Å². The smallest absolute Gasteiger partial charge is 0.328 e. The molecule has 1 aromatic rings. The summed E-state index contributed by atoms with van der Waals surface area (Å²) in [7, 11) is 3.14. The second kappa shape index (κ2) is 6.83. The number of ether oxygens (including phenoxy) is 2. The lowest BCUT2D eigenvalue weighted by Crippen LogP contribution is -1.99. The molecule has 0 amide bonds. The summed E-state index contributed by atoms with van der Waals surface area (Å²) >= 11 is 0. The molecule has 1 aromatic carbocycles. The number of hydrogen-bond acceptors (Lipinski definition) is 3. The minimum absolute atomic E-state index is 0.359. The van der Waals surface area contributed by atoms with Crippen molar-refractivity contribution in [3.63, 3.8) is 0 Å². The quantitative estimate of drug-likeness (QED) is 0.801. The molecule has 0 bridgehead atoms. The summed E-state index contributed by atoms with van der Waals surface area (Å²) in [4.78, 5) is 10.9. The van der Waals surface area contributed by atoms with Gasteiger partial charge in [0.15, 0.2) is 0 Å². The predicted molar refractivity (Wildman–Crippen MR) is 74.6 cm³/mol. The highest BCUT2D eigenvalue weighted by molar-refractivity contribution is 5.91. The average molecular weight is 264 g/mol. The van der Waals surface area contributed by atoms with Gasteiger partial charge in [-0.2, -0.15) is 0 Å². The maximum Gasteiger partial charge on any atom is 0.328 e. The molecule has 104 valence electrons. The van der Waals surface area contributed by atoms with E-state index in [-0.39, 0.29) is 0 Å². The van der Waals surface area contributed by atoms with E-state index in [1.54, 1.807) is 26.4 Å². The SMILES string of the molecule is COc1ccc(/C(=C/C(=O)O)CC(C)C)c(OC)c1. The number of carbonyl (C=O) groups is 1. The highest BCUT2D eigenvalue weighted by Crippen LogP contribution is 2.33. The van der Waals surface area contributed by atoms with Crippen molar-refractivity contribution in [2.45, 2.75) is 20.3 Å². The number of carboxylic acid groups (broad SMARTS) is 1. The van der Waals surface area contributed by atoms with Crippen LogP contribution in [0.2, 0.25) is 0 Å². The maximum absolute atomic E-state index is 10.9. The van der Waals surface area contributed by atoms with E-state index in [0.717, 1.165) is 11.1 Å². The lowest BCUT2D eigenvalue weighted by Gasteiger charge is -2.14. The van der Waals surface area contributed by atoms with E-state index in [2.05, 4.69) is 0 Å². The van der Waals surface area contributed by atoms with Crippen LogP contribution in [0.4, 0.5) is 0 Å². The Morgan fingerprint density at radius 2 is 2.00 bits per heavy atom. The predicted octanol–water partition coefficient (Wildman–Crippen LogP) is 3.22. The van der Waals surface area contributed by atoms with Gasteiger partial charge in [0.1, 0.15) is 11.5 Å². The van der Waals surface area contributed by atoms with Crippen molar-refractivity contribution >= 4 is 11.5 Å². The van der Waals surface area contributed by atoms with Crippen molar-refractivity contribution in [2.75, 3.05) is 14.2 Å². The Morgan fingerprint density at radius 1 is 1.32 bits per heavy atom. The lowest BCUT2D eigenvalue weighted by atomic mass is 9.95. The first kappa shape index (κ1) is 15.1. The molecule has 0 saturated carbocycles. The Kier molecular flexibility index (Phi) is 5.42. The van der Waals surface area contributed by atoms with Crippen LogP contribution >= 0.6 is 0 Å². The monoisotopic (exact) mass is 264 g/mol. The molecule has 19 heavy (non-hydrogen) atoms. The summed E-state index contributed by atoms with van der Waals surface area (Å²) in [5, 5.41) is 8.98. The van der Waals surface area contributed by atoms with Crippen LogP contribution in [0.25, 0.3) is 5.57 Å². The number of carboxylic acids is 1. The number of hydrogen-bond donors (Lipinski definition) is 1. The highest BCUT2D eigenvalue weighted by Gasteiger charge is 2.13. The maximum atomic E-state index is 10.9. The molecule has 0 unspecified atom stereocenters. The van der Waals surface area contributed by atoms with Gasteiger partial charge >= 0.3 is 5.97 Å². The molecule has 0 aliphatic carbocycles. The van der Waals surface area contributed by atoms with Crippen LogP contribution in [0.15, 0.2) is 24.3 Å². The van der Waals surface area contributed by atoms with Crippen molar-refractivity contribution in [2.24, 2.45) is 5.92 Å². The highest BCUT2D eigenvalue weighted by atomic mass is 16.5. The third-order valence-electron chi connectivity index (χ3n) is 2.68. The molecular weight excluding hydrogens is 244 g/mol. The Morgan fingerprint density at radius 3 is 2.47 bits per heavy atom. The second-order valence-electron chi connectivity index (χ2n) is 4.67. The fourth-order valence-corrected chi connectivity index (χ4v) is 1.90. The molecule has 0 aromatic heterocycles. The van der Waals surface area contributed by atoms with Gasteiger partial charge < -0.3 is 14.6 Å². The van der Waals surface area contributed by atoms with E-state index in [4.69, 9.17) is 14.6 Å². The van der Waals surface area contributed by atoms with E-state index < -0.39 is 5.97 Å². The Hall–Kier alpha value is -1.97. The summed E-state index contributed by atoms with van der Waals surface area (Å²) in [6.07, 6.45) is 1.92. The number of allylic oxidation sites excluding steroid dienone is 1. The zero-order valence-corrected chi connectivity index (χ0v) is 11.8. The van der Waals surface area contributed by atoms with E-state index in [9.17, 15) is 4.79 Å². The van der Waals surface area contributed by atoms with Gasteiger partial charge in [-0.05, 0) is 30.0 Å². The van der Waals surface area contributed by atoms with Crippen molar-refractivity contribution < 1.29 is 19.4 Å². The number of rotatable bonds is 6. The van der Waals surface area contributed by atoms with Crippen LogP contribution in [0.5, 0.6) is 11.5 Å². The van der Waals surface area contributed by atoms with Gasteiger partial charge in [-0.3, -0.25) is 0 Å². The van der Waals surface area contributed by atoms with Gasteiger partial charge in [-0.15, -0.1) is 0 Å². The van der Waals surface area contributed by atoms with E-state index >= 15 is 0 Å². The van der Waals surface area contributed by atoms with Crippen molar-refractivity contribution in [1.29, 1.82) is 0 Å². The summed E-state index contributed by atoms with van der Waals surface area (Å²) in [5.74, 6) is 0.707. The van der Waals surface area contributed by atoms with Crippen molar-refractivity contribution in [3.8, 4) is 11.5 Å². The third-order valence-corrected chi connectivity index (χ3v) is 2.68. The van der Waals surface area contributed by atoms with Crippen molar-refractivity contribution in [3.05, 3.63) is 29.8 Å². The van der Waals surface area contributed by atoms with Crippen LogP contribution in [0.1, 0.15) is 25.8 Å². The molecular formula is C15H20O4. The summed E-state index contributed by atoms with van der Waals surface area (Å²) in [6.45, 7) is 4.09. The number of benzene rings is 1. The van der Waals surface area contributed by atoms with Crippen LogP contribution < -0.4 is 9.47 Å². The Balaban J connectivity index is 3.25. The fraction of sp³-hybridized carbons (Fsp3) is 0.400. The zero-order valence-electron chi connectivity index (χ0n) is 11.8. The van der Waals surface area contributed by atoms with Crippen LogP contribution in [-0.2, 0) is 4.79 Å². The topological polar surface area (TPSA) is 55.8 Å². The van der Waals surface area contributed by atoms with Crippen LogP contribution in [0, 0.1) is 5.92 Å². The molecule has 4 heteroatoms. The molecule has 0 atom stereocenters. The molecule has 0 fully saturated rings. The molecule has 0 aliphatic rings. The second-order valence-corrected chi connectivity index (χ2v) is 4.67. The normalized spacial score (nSPS) is 11.5. The lowest BCUT2D eigenvalue weighted by molar-refractivity contribution is -0.131. The first-order chi connectivity index (χ1) is 8.97. The third kappa shape index (κ3) is 4.32. The largest absolute Gasteiger partial charge is 0.497 e. The molecule has 0 spiro atoms. The standard InChI is InChI=1S/C15H20O4/c1-10(2)7-11(8-15(16)17)13-6-5-12(18-3)9-14(13)19-4/h5-6,8-10H,7H2,1-4H3,(H,16,17)/b11-8+. The summed E-state index contributed by atoms with van der Waals surface area (Å²) in [6, 6.07) is 5.38. The Bertz CT molecular complexity index is 475. The number of aliphatic carboxylic acids is 1. The molecule has 0 aliphatic heterocycles. The van der Waals surface area contributed by atoms with E-state index in [0.29, 0.717) is 23.8 Å². The molecule has 0 saturated heterocycles. The molecule has 4 nitrogen and oxygen atoms in total. The van der Waals surface area contributed by atoms with Gasteiger partial charge in [0.25, 0.3) is 0 Å². The van der Waals surface area contributed by atoms with Crippen molar-refractivity contribution in [1.82, 2.24) is 0 Å². The van der Waals surface area contributed by atoms with Crippen LogP contribution in [-0.4, -0.2) is 25.3 Å². The molecule has 0 radical (unpaired) electrons. The fourth-order valence-electron chi connectivity index (χ4n) is 1.90. The van der Waals surface area contributed by atoms with Gasteiger partial charge in [0, 0.05) is 17.7 Å². The average Bonchev–Trinajstić information content (AvgIpc) is 2.36. The Labute approximate surface area is 113 Å². The molecule has 1 rings (SSSR count). The minimum atomic E-state index is -0.950. The summed E-state index contributed by atoms with van der Waals surface area (Å²) in [5.41, 5.74) is 1.54. The first-order valence-corrected chi connectivity index (χ1v) is 6.13. The van der Waals surface area contributed by atoms with Gasteiger partial charge in [0.2, 0.25) is 0 Å². The van der Waals surface area contributed by atoms with Crippen LogP contribution in [0.3, 0.4) is 0 Å². The number of methoxy groups -OCH3 is 2. The van der Waals surface area contributed by atoms with Gasteiger partial charge in [0.05, 0.1) is 14.2 Å². The van der Waals surface area contributed by atoms with E-state index in [1.165, 1.54) is 6.08 Å². The van der Waals surface area contributed by atoms with Gasteiger partial charge in [-0.25, -0.2) is 4.79 Å². The zero-order chi connectivity index (χ0) is 14.4. The molecule has 1 N–H and O–H groups in total.